The molecule has 0 aromatic carbocycles. The van der Waals surface area contributed by atoms with Crippen molar-refractivity contribution in [3.05, 3.63) is 0 Å². The summed E-state index contributed by atoms with van der Waals surface area (Å²) in [6.45, 7) is 14.3. The first-order valence-corrected chi connectivity index (χ1v) is 15.4. The van der Waals surface area contributed by atoms with Gasteiger partial charge >= 0.3 is 0 Å². The summed E-state index contributed by atoms with van der Waals surface area (Å²) in [6, 6.07) is -1.57. The number of thioether (sulfide) groups is 3. The maximum absolute atomic E-state index is 13.4. The van der Waals surface area contributed by atoms with Crippen LogP contribution in [0.4, 0.5) is 0 Å². The lowest BCUT2D eigenvalue weighted by atomic mass is 9.89. The number of ether oxygens (including phenoxy) is 2. The van der Waals surface area contributed by atoms with Crippen molar-refractivity contribution >= 4 is 53.0 Å². The molecule has 3 amide bonds. The number of nitrogens with one attached hydrogen (secondary N) is 3. The van der Waals surface area contributed by atoms with Gasteiger partial charge in [0, 0.05) is 49.2 Å². The van der Waals surface area contributed by atoms with Crippen molar-refractivity contribution in [1.82, 2.24) is 16.0 Å². The minimum Gasteiger partial charge on any atom is -0.368 e. The summed E-state index contributed by atoms with van der Waals surface area (Å²) < 4.78 is 11.0. The van der Waals surface area contributed by atoms with Gasteiger partial charge in [0.2, 0.25) is 17.7 Å². The Kier molecular flexibility index (Phi) is 13.5. The van der Waals surface area contributed by atoms with Gasteiger partial charge in [0.05, 0.1) is 0 Å². The van der Waals surface area contributed by atoms with E-state index in [2.05, 4.69) is 36.7 Å². The average molecular weight is 566 g/mol. The standard InChI is InChI=1S/C25H47N3O5S3/c1-16-11-12-17(13-34-23(16,2)3)20(29)27-19(15-36-25(6,7)33-10)22(31)28-18(21(30)26-8)14-35-24(4,5)32-9/h16-19H,11-15H2,1-10H3,(H,26,30)(H,27,29)(H,28,31)/t16?,17-,18-,19-/m0/s1. The summed E-state index contributed by atoms with van der Waals surface area (Å²) in [7, 11) is 4.76. The maximum atomic E-state index is 13.4. The fraction of sp³-hybridized carbons (Fsp3) is 0.880. The predicted octanol–water partition coefficient (Wildman–Crippen LogP) is 3.49. The van der Waals surface area contributed by atoms with Gasteiger partial charge in [-0.15, -0.1) is 23.5 Å². The Morgan fingerprint density at radius 1 is 0.944 bits per heavy atom. The van der Waals surface area contributed by atoms with Crippen LogP contribution < -0.4 is 16.0 Å². The Morgan fingerprint density at radius 3 is 1.92 bits per heavy atom. The molecule has 1 saturated heterocycles. The monoisotopic (exact) mass is 565 g/mol. The Bertz CT molecular complexity index is 748. The number of hydrogen-bond donors (Lipinski definition) is 3. The second kappa shape index (κ2) is 14.5. The van der Waals surface area contributed by atoms with Gasteiger partial charge in [-0.2, -0.15) is 11.8 Å². The molecule has 3 N–H and O–H groups in total. The molecule has 210 valence electrons. The summed E-state index contributed by atoms with van der Waals surface area (Å²) in [5, 5.41) is 8.47. The number of carbonyl (C=O) groups excluding carboxylic acids is 3. The molecular weight excluding hydrogens is 518 g/mol. The summed E-state index contributed by atoms with van der Waals surface area (Å²) in [6.07, 6.45) is 1.75. The Balaban J connectivity index is 3.01. The molecular formula is C25H47N3O5S3. The van der Waals surface area contributed by atoms with Gasteiger partial charge in [0.15, 0.2) is 0 Å². The third-order valence-corrected chi connectivity index (χ3v) is 11.3. The van der Waals surface area contributed by atoms with Crippen molar-refractivity contribution < 1.29 is 23.9 Å². The van der Waals surface area contributed by atoms with Gasteiger partial charge in [-0.25, -0.2) is 0 Å². The zero-order chi connectivity index (χ0) is 27.7. The lowest BCUT2D eigenvalue weighted by molar-refractivity contribution is -0.132. The van der Waals surface area contributed by atoms with E-state index in [-0.39, 0.29) is 28.4 Å². The van der Waals surface area contributed by atoms with Gasteiger partial charge in [-0.05, 0) is 46.5 Å². The highest BCUT2D eigenvalue weighted by molar-refractivity contribution is 8.01. The molecule has 11 heteroatoms. The van der Waals surface area contributed by atoms with E-state index in [4.69, 9.17) is 9.47 Å². The van der Waals surface area contributed by atoms with Crippen LogP contribution in [-0.2, 0) is 23.9 Å². The molecule has 1 fully saturated rings. The van der Waals surface area contributed by atoms with Crippen molar-refractivity contribution in [1.29, 1.82) is 0 Å². The van der Waals surface area contributed by atoms with Crippen LogP contribution in [0.1, 0.15) is 61.3 Å². The molecule has 0 bridgehead atoms. The zero-order valence-corrected chi connectivity index (χ0v) is 26.1. The third kappa shape index (κ3) is 11.0. The zero-order valence-electron chi connectivity index (χ0n) is 23.6. The van der Waals surface area contributed by atoms with Gasteiger partial charge in [-0.1, -0.05) is 20.8 Å². The quantitative estimate of drug-likeness (QED) is 0.292. The molecule has 0 aromatic rings. The second-order valence-corrected chi connectivity index (χ2v) is 15.5. The number of methoxy groups -OCH3 is 2. The van der Waals surface area contributed by atoms with Crippen LogP contribution in [0.2, 0.25) is 0 Å². The van der Waals surface area contributed by atoms with Crippen LogP contribution in [0.25, 0.3) is 0 Å². The van der Waals surface area contributed by atoms with Crippen molar-refractivity contribution in [3.63, 3.8) is 0 Å². The molecule has 4 atom stereocenters. The van der Waals surface area contributed by atoms with Crippen LogP contribution >= 0.6 is 35.3 Å². The van der Waals surface area contributed by atoms with E-state index in [0.717, 1.165) is 18.6 Å². The lowest BCUT2D eigenvalue weighted by Gasteiger charge is -2.29. The number of carbonyl (C=O) groups is 3. The molecule has 0 saturated carbocycles. The molecule has 0 spiro atoms. The van der Waals surface area contributed by atoms with Gasteiger partial charge in [0.25, 0.3) is 0 Å². The first-order valence-electron chi connectivity index (χ1n) is 12.4. The molecule has 0 radical (unpaired) electrons. The van der Waals surface area contributed by atoms with Crippen molar-refractivity contribution in [2.45, 2.75) is 88.0 Å². The van der Waals surface area contributed by atoms with Crippen LogP contribution in [-0.4, -0.2) is 82.9 Å². The summed E-state index contributed by atoms with van der Waals surface area (Å²) in [4.78, 5) is 38.2. The van der Waals surface area contributed by atoms with Crippen LogP contribution in [0, 0.1) is 11.8 Å². The van der Waals surface area contributed by atoms with E-state index in [1.165, 1.54) is 30.6 Å². The highest BCUT2D eigenvalue weighted by Crippen LogP contribution is 2.40. The third-order valence-electron chi connectivity index (χ3n) is 6.85. The molecule has 1 aliphatic rings. The van der Waals surface area contributed by atoms with Gasteiger partial charge in [-0.3, -0.25) is 14.4 Å². The summed E-state index contributed by atoms with van der Waals surface area (Å²) in [5.41, 5.74) is 0. The Hall–Kier alpha value is -0.620. The topological polar surface area (TPSA) is 106 Å². The smallest absolute Gasteiger partial charge is 0.244 e. The van der Waals surface area contributed by atoms with E-state index in [9.17, 15) is 14.4 Å². The number of hydrogen-bond acceptors (Lipinski definition) is 8. The first kappa shape index (κ1) is 33.4. The highest BCUT2D eigenvalue weighted by atomic mass is 32.2. The van der Waals surface area contributed by atoms with Crippen molar-refractivity contribution in [2.24, 2.45) is 11.8 Å². The van der Waals surface area contributed by atoms with Crippen LogP contribution in [0.3, 0.4) is 0 Å². The molecule has 0 aliphatic carbocycles. The van der Waals surface area contributed by atoms with E-state index in [1.807, 2.05) is 39.5 Å². The van der Waals surface area contributed by atoms with Gasteiger partial charge in [0.1, 0.15) is 21.9 Å². The fourth-order valence-electron chi connectivity index (χ4n) is 3.33. The summed E-state index contributed by atoms with van der Waals surface area (Å²) >= 11 is 4.69. The first-order chi connectivity index (χ1) is 16.6. The SMILES string of the molecule is CNC(=O)[C@H](CSC(C)(C)OC)NC(=O)[C@H](CSC(C)(C)OC)NC(=O)[C@H]1CCC(C)C(C)(C)SC1. The minimum atomic E-state index is -0.803. The molecule has 1 aliphatic heterocycles. The summed E-state index contributed by atoms with van der Waals surface area (Å²) in [5.74, 6) is 0.902. The molecule has 1 rings (SSSR count). The molecule has 8 nitrogen and oxygen atoms in total. The highest BCUT2D eigenvalue weighted by Gasteiger charge is 2.36. The second-order valence-electron chi connectivity index (χ2n) is 10.7. The lowest BCUT2D eigenvalue weighted by Crippen LogP contribution is -2.56. The molecule has 36 heavy (non-hydrogen) atoms. The number of rotatable bonds is 13. The van der Waals surface area contributed by atoms with Gasteiger partial charge < -0.3 is 25.4 Å². The normalized spacial score (nSPS) is 22.2. The van der Waals surface area contributed by atoms with Crippen molar-refractivity contribution in [2.75, 3.05) is 38.5 Å². The minimum absolute atomic E-state index is 0.110. The molecule has 1 unspecified atom stereocenters. The van der Waals surface area contributed by atoms with E-state index in [0.29, 0.717) is 17.4 Å². The number of likely N-dealkylation sites (N-methyl/N-ethyl adjacent to an activating group) is 1. The molecule has 1 heterocycles. The Labute approximate surface area is 230 Å². The molecule has 0 aromatic heterocycles. The van der Waals surface area contributed by atoms with Crippen molar-refractivity contribution in [3.8, 4) is 0 Å². The number of amides is 3. The maximum Gasteiger partial charge on any atom is 0.244 e. The fourth-order valence-corrected chi connectivity index (χ4v) is 6.53. The van der Waals surface area contributed by atoms with E-state index in [1.54, 1.807) is 14.2 Å². The Morgan fingerprint density at radius 2 is 1.44 bits per heavy atom. The van der Waals surface area contributed by atoms with Crippen LogP contribution in [0.5, 0.6) is 0 Å². The van der Waals surface area contributed by atoms with E-state index >= 15 is 0 Å². The van der Waals surface area contributed by atoms with Crippen LogP contribution in [0.15, 0.2) is 0 Å². The van der Waals surface area contributed by atoms with E-state index < -0.39 is 21.9 Å². The average Bonchev–Trinajstić information content (AvgIpc) is 2.96. The predicted molar refractivity (Wildman–Crippen MR) is 153 cm³/mol. The largest absolute Gasteiger partial charge is 0.368 e.